The topological polar surface area (TPSA) is 73.4 Å². The fourth-order valence-corrected chi connectivity index (χ4v) is 4.79. The Hall–Kier alpha value is -2.10. The van der Waals surface area contributed by atoms with E-state index in [0.29, 0.717) is 11.6 Å². The van der Waals surface area contributed by atoms with Crippen molar-refractivity contribution in [2.24, 2.45) is 0 Å². The molecule has 1 amide bonds. The third-order valence-corrected chi connectivity index (χ3v) is 6.80. The van der Waals surface area contributed by atoms with Crippen LogP contribution in [0.25, 0.3) is 11.1 Å². The second kappa shape index (κ2) is 8.33. The van der Waals surface area contributed by atoms with Crippen molar-refractivity contribution in [3.8, 4) is 6.07 Å². The number of halogens is 1. The SMILES string of the molecule is CN(C(=O)CN1CCC(c2nc3cc(Cl)ccc3o2)CC1)C1(C#N)CCCCC1. The van der Waals surface area contributed by atoms with Gasteiger partial charge in [-0.15, -0.1) is 0 Å². The Bertz CT molecular complexity index is 921. The zero-order valence-corrected chi connectivity index (χ0v) is 17.6. The lowest BCUT2D eigenvalue weighted by Gasteiger charge is -2.40. The summed E-state index contributed by atoms with van der Waals surface area (Å²) in [5.41, 5.74) is 0.937. The average Bonchev–Trinajstić information content (AvgIpc) is 3.17. The van der Waals surface area contributed by atoms with Crippen molar-refractivity contribution in [3.05, 3.63) is 29.1 Å². The monoisotopic (exact) mass is 414 g/mol. The number of hydrogen-bond donors (Lipinski definition) is 0. The van der Waals surface area contributed by atoms with Crippen LogP contribution in [0.5, 0.6) is 0 Å². The zero-order valence-electron chi connectivity index (χ0n) is 16.9. The first-order chi connectivity index (χ1) is 14.0. The number of nitrogens with zero attached hydrogens (tertiary/aromatic N) is 4. The molecule has 1 saturated heterocycles. The molecular weight excluding hydrogens is 388 g/mol. The Morgan fingerprint density at radius 1 is 1.34 bits per heavy atom. The normalized spacial score (nSPS) is 20.4. The number of nitriles is 1. The van der Waals surface area contributed by atoms with Crippen LogP contribution in [0.15, 0.2) is 22.6 Å². The molecule has 1 aliphatic heterocycles. The van der Waals surface area contributed by atoms with E-state index in [4.69, 9.17) is 16.0 Å². The summed E-state index contributed by atoms with van der Waals surface area (Å²) >= 11 is 6.04. The Kier molecular flexibility index (Phi) is 5.80. The van der Waals surface area contributed by atoms with E-state index in [0.717, 1.165) is 75.0 Å². The van der Waals surface area contributed by atoms with Crippen LogP contribution in [0, 0.1) is 11.3 Å². The van der Waals surface area contributed by atoms with Gasteiger partial charge in [0.25, 0.3) is 0 Å². The number of benzene rings is 1. The van der Waals surface area contributed by atoms with E-state index in [2.05, 4.69) is 16.0 Å². The van der Waals surface area contributed by atoms with Crippen molar-refractivity contribution >= 4 is 28.6 Å². The molecule has 2 heterocycles. The van der Waals surface area contributed by atoms with E-state index < -0.39 is 5.54 Å². The standard InChI is InChI=1S/C22H27ClN4O2/c1-26(22(15-24)9-3-2-4-10-22)20(28)14-27-11-7-16(8-12-27)21-25-18-13-17(23)5-6-19(18)29-21/h5-6,13,16H,2-4,7-12,14H2,1H3. The highest BCUT2D eigenvalue weighted by Gasteiger charge is 2.39. The number of oxazole rings is 1. The molecule has 1 aromatic carbocycles. The minimum Gasteiger partial charge on any atom is -0.440 e. The molecule has 1 saturated carbocycles. The molecule has 154 valence electrons. The molecule has 0 bridgehead atoms. The molecule has 2 fully saturated rings. The minimum atomic E-state index is -0.618. The summed E-state index contributed by atoms with van der Waals surface area (Å²) in [6.07, 6.45) is 6.58. The van der Waals surface area contributed by atoms with Crippen LogP contribution in [-0.2, 0) is 4.79 Å². The highest BCUT2D eigenvalue weighted by molar-refractivity contribution is 6.31. The van der Waals surface area contributed by atoms with Gasteiger partial charge in [0.1, 0.15) is 11.1 Å². The summed E-state index contributed by atoms with van der Waals surface area (Å²) in [6, 6.07) is 7.92. The average molecular weight is 415 g/mol. The third-order valence-electron chi connectivity index (χ3n) is 6.57. The van der Waals surface area contributed by atoms with Gasteiger partial charge in [0, 0.05) is 18.0 Å². The van der Waals surface area contributed by atoms with Gasteiger partial charge in [0.05, 0.1) is 12.6 Å². The second-order valence-corrected chi connectivity index (χ2v) is 8.81. The van der Waals surface area contributed by atoms with Crippen molar-refractivity contribution in [1.29, 1.82) is 5.26 Å². The van der Waals surface area contributed by atoms with Gasteiger partial charge in [-0.1, -0.05) is 30.9 Å². The maximum Gasteiger partial charge on any atom is 0.237 e. The summed E-state index contributed by atoms with van der Waals surface area (Å²) in [7, 11) is 1.80. The molecule has 0 atom stereocenters. The molecule has 0 N–H and O–H groups in total. The van der Waals surface area contributed by atoms with Crippen molar-refractivity contribution in [1.82, 2.24) is 14.8 Å². The number of hydrogen-bond acceptors (Lipinski definition) is 5. The van der Waals surface area contributed by atoms with Gasteiger partial charge in [0.15, 0.2) is 11.5 Å². The van der Waals surface area contributed by atoms with Gasteiger partial charge in [0.2, 0.25) is 5.91 Å². The first kappa shape index (κ1) is 20.2. The van der Waals surface area contributed by atoms with E-state index in [1.54, 1.807) is 11.9 Å². The van der Waals surface area contributed by atoms with Gasteiger partial charge in [-0.3, -0.25) is 9.69 Å². The quantitative estimate of drug-likeness (QED) is 0.743. The van der Waals surface area contributed by atoms with Crippen LogP contribution in [0.4, 0.5) is 0 Å². The van der Waals surface area contributed by atoms with E-state index in [-0.39, 0.29) is 11.8 Å². The lowest BCUT2D eigenvalue weighted by Crippen LogP contribution is -2.53. The third kappa shape index (κ3) is 4.12. The smallest absolute Gasteiger partial charge is 0.237 e. The predicted octanol–water partition coefficient (Wildman–Crippen LogP) is 4.35. The molecule has 0 spiro atoms. The number of piperidine rings is 1. The van der Waals surface area contributed by atoms with Crippen molar-refractivity contribution in [3.63, 3.8) is 0 Å². The minimum absolute atomic E-state index is 0.0448. The van der Waals surface area contributed by atoms with E-state index in [1.165, 1.54) is 0 Å². The van der Waals surface area contributed by atoms with Gasteiger partial charge in [-0.2, -0.15) is 5.26 Å². The zero-order chi connectivity index (χ0) is 20.4. The molecule has 6 nitrogen and oxygen atoms in total. The largest absolute Gasteiger partial charge is 0.440 e. The summed E-state index contributed by atoms with van der Waals surface area (Å²) in [4.78, 5) is 21.4. The molecule has 0 unspecified atom stereocenters. The first-order valence-electron chi connectivity index (χ1n) is 10.5. The first-order valence-corrected chi connectivity index (χ1v) is 10.8. The lowest BCUT2D eigenvalue weighted by atomic mass is 9.81. The maximum absolute atomic E-state index is 12.9. The maximum atomic E-state index is 12.9. The Balaban J connectivity index is 1.34. The molecule has 1 aliphatic carbocycles. The number of amides is 1. The van der Waals surface area contributed by atoms with Crippen LogP contribution >= 0.6 is 11.6 Å². The number of carbonyl (C=O) groups excluding carboxylic acids is 1. The Morgan fingerprint density at radius 2 is 2.07 bits per heavy atom. The van der Waals surface area contributed by atoms with Crippen molar-refractivity contribution in [2.45, 2.75) is 56.4 Å². The van der Waals surface area contributed by atoms with Crippen molar-refractivity contribution in [2.75, 3.05) is 26.7 Å². The van der Waals surface area contributed by atoms with Crippen molar-refractivity contribution < 1.29 is 9.21 Å². The molecule has 4 rings (SSSR count). The second-order valence-electron chi connectivity index (χ2n) is 8.37. The van der Waals surface area contributed by atoms with E-state index in [9.17, 15) is 10.1 Å². The number of likely N-dealkylation sites (N-methyl/N-ethyl adjacent to an activating group) is 1. The fraction of sp³-hybridized carbons (Fsp3) is 0.591. The molecule has 2 aromatic rings. The number of aromatic nitrogens is 1. The van der Waals surface area contributed by atoms with Gasteiger partial charge >= 0.3 is 0 Å². The van der Waals surface area contributed by atoms with Crippen LogP contribution in [-0.4, -0.2) is 52.9 Å². The summed E-state index contributed by atoms with van der Waals surface area (Å²) in [5, 5.41) is 10.4. The number of rotatable bonds is 4. The Labute approximate surface area is 176 Å². The highest BCUT2D eigenvalue weighted by Crippen LogP contribution is 2.33. The predicted molar refractivity (Wildman–Crippen MR) is 112 cm³/mol. The van der Waals surface area contributed by atoms with Crippen LogP contribution in [0.2, 0.25) is 5.02 Å². The molecule has 7 heteroatoms. The van der Waals surface area contributed by atoms with Gasteiger partial charge < -0.3 is 9.32 Å². The Morgan fingerprint density at radius 3 is 2.76 bits per heavy atom. The van der Waals surface area contributed by atoms with Gasteiger partial charge in [-0.25, -0.2) is 4.98 Å². The van der Waals surface area contributed by atoms with E-state index >= 15 is 0 Å². The summed E-state index contributed by atoms with van der Waals surface area (Å²) < 4.78 is 5.92. The summed E-state index contributed by atoms with van der Waals surface area (Å²) in [6.45, 7) is 2.02. The summed E-state index contributed by atoms with van der Waals surface area (Å²) in [5.74, 6) is 1.06. The number of fused-ring (bicyclic) bond motifs is 1. The molecule has 29 heavy (non-hydrogen) atoms. The fourth-order valence-electron chi connectivity index (χ4n) is 4.63. The van der Waals surface area contributed by atoms with Crippen LogP contribution in [0.3, 0.4) is 0 Å². The number of carbonyl (C=O) groups is 1. The molecule has 1 aromatic heterocycles. The molecule has 2 aliphatic rings. The van der Waals surface area contributed by atoms with E-state index in [1.807, 2.05) is 18.2 Å². The molecular formula is C22H27ClN4O2. The van der Waals surface area contributed by atoms with Gasteiger partial charge in [-0.05, 0) is 57.0 Å². The lowest BCUT2D eigenvalue weighted by molar-refractivity contribution is -0.136. The number of likely N-dealkylation sites (tertiary alicyclic amines) is 1. The highest BCUT2D eigenvalue weighted by atomic mass is 35.5. The molecule has 0 radical (unpaired) electrons. The van der Waals surface area contributed by atoms with Crippen LogP contribution in [0.1, 0.15) is 56.8 Å². The van der Waals surface area contributed by atoms with Crippen LogP contribution < -0.4 is 0 Å².